The first-order chi connectivity index (χ1) is 15.5. The molecule has 0 saturated carbocycles. The second-order valence-electron chi connectivity index (χ2n) is 8.05. The number of rotatable bonds is 8. The van der Waals surface area contributed by atoms with Gasteiger partial charge in [0.05, 0.1) is 13.1 Å². The van der Waals surface area contributed by atoms with E-state index < -0.39 is 0 Å². The van der Waals surface area contributed by atoms with E-state index in [9.17, 15) is 14.4 Å². The van der Waals surface area contributed by atoms with Crippen LogP contribution in [0.5, 0.6) is 0 Å². The lowest BCUT2D eigenvalue weighted by atomic mass is 10.1. The van der Waals surface area contributed by atoms with Crippen LogP contribution in [0.4, 0.5) is 0 Å². The molecule has 4 rings (SSSR count). The Hall–Kier alpha value is -3.25. The number of aryl methyl sites for hydroxylation is 1. The lowest BCUT2D eigenvalue weighted by molar-refractivity contribution is -0.139. The number of amides is 3. The number of hydrogen-bond donors (Lipinski definition) is 0. The van der Waals surface area contributed by atoms with Crippen LogP contribution in [0.2, 0.25) is 0 Å². The van der Waals surface area contributed by atoms with E-state index in [1.807, 2.05) is 35.2 Å². The fraction of sp³-hybridized carbons (Fsp3) is 0.269. The fourth-order valence-electron chi connectivity index (χ4n) is 3.84. The molecule has 0 unspecified atom stereocenters. The van der Waals surface area contributed by atoms with Gasteiger partial charge in [0.15, 0.2) is 0 Å². The highest BCUT2D eigenvalue weighted by Crippen LogP contribution is 2.20. The van der Waals surface area contributed by atoms with Gasteiger partial charge in [-0.25, -0.2) is 0 Å². The van der Waals surface area contributed by atoms with Crippen LogP contribution in [0.15, 0.2) is 66.7 Å². The van der Waals surface area contributed by atoms with Crippen LogP contribution in [-0.2, 0) is 29.1 Å². The van der Waals surface area contributed by atoms with Crippen LogP contribution in [0.3, 0.4) is 0 Å². The van der Waals surface area contributed by atoms with E-state index in [0.29, 0.717) is 18.7 Å². The second kappa shape index (κ2) is 9.92. The van der Waals surface area contributed by atoms with Crippen molar-refractivity contribution in [3.05, 3.63) is 93.2 Å². The number of carbonyl (C=O) groups is 3. The zero-order chi connectivity index (χ0) is 22.5. The van der Waals surface area contributed by atoms with Gasteiger partial charge in [-0.3, -0.25) is 19.3 Å². The lowest BCUT2D eigenvalue weighted by Crippen LogP contribution is -2.32. The highest BCUT2D eigenvalue weighted by atomic mass is 32.1. The molecule has 32 heavy (non-hydrogen) atoms. The third kappa shape index (κ3) is 5.32. The predicted octanol–water partition coefficient (Wildman–Crippen LogP) is 4.59. The maximum Gasteiger partial charge on any atom is 0.254 e. The van der Waals surface area contributed by atoms with E-state index in [1.165, 1.54) is 15.3 Å². The van der Waals surface area contributed by atoms with Crippen LogP contribution in [-0.4, -0.2) is 34.1 Å². The smallest absolute Gasteiger partial charge is 0.254 e. The van der Waals surface area contributed by atoms with Gasteiger partial charge in [-0.1, -0.05) is 42.5 Å². The van der Waals surface area contributed by atoms with E-state index in [1.54, 1.807) is 23.5 Å². The van der Waals surface area contributed by atoms with Crippen molar-refractivity contribution in [2.24, 2.45) is 0 Å². The standard InChI is InChI=1S/C26H26N2O3S/c1-19-7-12-23(32-19)18-27(16-15-20-5-3-2-4-6-20)26(31)22-10-8-21(9-11-22)17-28-24(29)13-14-25(28)30/h2-12H,13-18H2,1H3. The zero-order valence-corrected chi connectivity index (χ0v) is 18.9. The molecule has 3 amide bonds. The largest absolute Gasteiger partial charge is 0.333 e. The summed E-state index contributed by atoms with van der Waals surface area (Å²) < 4.78 is 0. The highest BCUT2D eigenvalue weighted by molar-refractivity contribution is 7.11. The molecule has 0 spiro atoms. The molecule has 0 radical (unpaired) electrons. The number of benzene rings is 2. The van der Waals surface area contributed by atoms with Gasteiger partial charge in [0.1, 0.15) is 0 Å². The van der Waals surface area contributed by atoms with Crippen LogP contribution in [0, 0.1) is 6.92 Å². The molecule has 164 valence electrons. The molecule has 0 atom stereocenters. The van der Waals surface area contributed by atoms with E-state index >= 15 is 0 Å². The fourth-order valence-corrected chi connectivity index (χ4v) is 4.74. The van der Waals surface area contributed by atoms with Crippen molar-refractivity contribution in [2.45, 2.75) is 39.3 Å². The number of nitrogens with zero attached hydrogens (tertiary/aromatic N) is 2. The van der Waals surface area contributed by atoms with Crippen molar-refractivity contribution in [1.29, 1.82) is 0 Å². The van der Waals surface area contributed by atoms with Crippen LogP contribution < -0.4 is 0 Å². The minimum atomic E-state index is -0.131. The summed E-state index contributed by atoms with van der Waals surface area (Å²) in [6.07, 6.45) is 1.36. The summed E-state index contributed by atoms with van der Waals surface area (Å²) in [7, 11) is 0. The molecule has 3 aromatic rings. The topological polar surface area (TPSA) is 57.7 Å². The normalized spacial score (nSPS) is 13.6. The Morgan fingerprint density at radius 3 is 2.22 bits per heavy atom. The number of hydrogen-bond acceptors (Lipinski definition) is 4. The summed E-state index contributed by atoms with van der Waals surface area (Å²) in [5.74, 6) is -0.283. The summed E-state index contributed by atoms with van der Waals surface area (Å²) in [4.78, 5) is 42.6. The first-order valence-corrected chi connectivity index (χ1v) is 11.6. The van der Waals surface area contributed by atoms with Gasteiger partial charge >= 0.3 is 0 Å². The number of carbonyl (C=O) groups excluding carboxylic acids is 3. The molecule has 0 bridgehead atoms. The maximum atomic E-state index is 13.3. The Labute approximate surface area is 192 Å². The minimum absolute atomic E-state index is 0.0214. The zero-order valence-electron chi connectivity index (χ0n) is 18.1. The second-order valence-corrected chi connectivity index (χ2v) is 9.42. The molecule has 2 aromatic carbocycles. The minimum Gasteiger partial charge on any atom is -0.333 e. The van der Waals surface area contributed by atoms with Gasteiger partial charge in [-0.05, 0) is 48.7 Å². The quantitative estimate of drug-likeness (QED) is 0.476. The number of thiophene rings is 1. The maximum absolute atomic E-state index is 13.3. The van der Waals surface area contributed by atoms with Crippen molar-refractivity contribution in [3.63, 3.8) is 0 Å². The van der Waals surface area contributed by atoms with E-state index in [4.69, 9.17) is 0 Å². The van der Waals surface area contributed by atoms with Gasteiger partial charge in [-0.15, -0.1) is 11.3 Å². The molecule has 6 heteroatoms. The van der Waals surface area contributed by atoms with Gasteiger partial charge in [-0.2, -0.15) is 0 Å². The van der Waals surface area contributed by atoms with Gasteiger partial charge in [0, 0.05) is 34.7 Å². The predicted molar refractivity (Wildman–Crippen MR) is 125 cm³/mol. The lowest BCUT2D eigenvalue weighted by Gasteiger charge is -2.23. The molecule has 1 fully saturated rings. The first kappa shape index (κ1) is 22.0. The molecule has 1 saturated heterocycles. The van der Waals surface area contributed by atoms with Crippen molar-refractivity contribution >= 4 is 29.1 Å². The Morgan fingerprint density at radius 1 is 0.906 bits per heavy atom. The van der Waals surface area contributed by atoms with Gasteiger partial charge in [0.25, 0.3) is 5.91 Å². The van der Waals surface area contributed by atoms with Crippen molar-refractivity contribution in [1.82, 2.24) is 9.80 Å². The van der Waals surface area contributed by atoms with Crippen LogP contribution in [0.25, 0.3) is 0 Å². The van der Waals surface area contributed by atoms with Gasteiger partial charge < -0.3 is 4.90 Å². The average Bonchev–Trinajstić information content (AvgIpc) is 3.37. The molecular formula is C26H26N2O3S. The van der Waals surface area contributed by atoms with Crippen LogP contribution >= 0.6 is 11.3 Å². The highest BCUT2D eigenvalue weighted by Gasteiger charge is 2.28. The first-order valence-electron chi connectivity index (χ1n) is 10.8. The SMILES string of the molecule is Cc1ccc(CN(CCc2ccccc2)C(=O)c2ccc(CN3C(=O)CCC3=O)cc2)s1. The summed E-state index contributed by atoms with van der Waals surface area (Å²) in [5, 5.41) is 0. The summed E-state index contributed by atoms with van der Waals surface area (Å²) in [5.41, 5.74) is 2.65. The van der Waals surface area contributed by atoms with Crippen molar-refractivity contribution in [3.8, 4) is 0 Å². The van der Waals surface area contributed by atoms with E-state index in [0.717, 1.165) is 16.9 Å². The Kier molecular flexibility index (Phi) is 6.81. The van der Waals surface area contributed by atoms with E-state index in [2.05, 4.69) is 31.2 Å². The third-order valence-electron chi connectivity index (χ3n) is 5.64. The van der Waals surface area contributed by atoms with Gasteiger partial charge in [0.2, 0.25) is 11.8 Å². The Morgan fingerprint density at radius 2 is 1.59 bits per heavy atom. The van der Waals surface area contributed by atoms with Crippen molar-refractivity contribution in [2.75, 3.05) is 6.54 Å². The monoisotopic (exact) mass is 446 g/mol. The Balaban J connectivity index is 1.47. The third-order valence-corrected chi connectivity index (χ3v) is 6.62. The molecule has 0 N–H and O–H groups in total. The molecule has 1 aliphatic heterocycles. The summed E-state index contributed by atoms with van der Waals surface area (Å²) in [6.45, 7) is 3.53. The van der Waals surface area contributed by atoms with Crippen molar-refractivity contribution < 1.29 is 14.4 Å². The summed E-state index contributed by atoms with van der Waals surface area (Å²) >= 11 is 1.71. The Bertz CT molecular complexity index is 1090. The van der Waals surface area contributed by atoms with E-state index in [-0.39, 0.29) is 37.1 Å². The molecule has 5 nitrogen and oxygen atoms in total. The number of imide groups is 1. The average molecular weight is 447 g/mol. The molecular weight excluding hydrogens is 420 g/mol. The summed E-state index contributed by atoms with van der Waals surface area (Å²) in [6, 6.07) is 21.6. The van der Waals surface area contributed by atoms with Crippen LogP contribution in [0.1, 0.15) is 44.1 Å². The molecule has 1 aromatic heterocycles. The molecule has 0 aliphatic carbocycles. The number of likely N-dealkylation sites (tertiary alicyclic amines) is 1. The molecule has 2 heterocycles. The molecule has 1 aliphatic rings.